The fourth-order valence-electron chi connectivity index (χ4n) is 2.19. The number of nitrogens with zero attached hydrogens (tertiary/aromatic N) is 1. The smallest absolute Gasteiger partial charge is 0.264 e. The lowest BCUT2D eigenvalue weighted by Gasteiger charge is -2.37. The topological polar surface area (TPSA) is 40.5 Å². The van der Waals surface area contributed by atoms with Crippen LogP contribution in [-0.4, -0.2) is 46.1 Å². The van der Waals surface area contributed by atoms with E-state index in [2.05, 4.69) is 25.7 Å². The summed E-state index contributed by atoms with van der Waals surface area (Å²) in [5, 5.41) is 9.23. The Bertz CT molecular complexity index is 556. The van der Waals surface area contributed by atoms with Gasteiger partial charge in [-0.3, -0.25) is 4.79 Å². The van der Waals surface area contributed by atoms with E-state index in [0.29, 0.717) is 5.25 Å². The summed E-state index contributed by atoms with van der Waals surface area (Å²) < 4.78 is 0. The first kappa shape index (κ1) is 15.4. The monoisotopic (exact) mass is 309 g/mol. The number of amides is 1. The number of thiophene rings is 1. The Hall–Kier alpha value is -0.960. The molecule has 0 aromatic carbocycles. The normalized spacial score (nSPS) is 22.3. The van der Waals surface area contributed by atoms with Crippen molar-refractivity contribution in [3.63, 3.8) is 0 Å². The van der Waals surface area contributed by atoms with Gasteiger partial charge in [0.2, 0.25) is 0 Å². The Morgan fingerprint density at radius 2 is 2.30 bits per heavy atom. The Morgan fingerprint density at radius 3 is 3.00 bits per heavy atom. The maximum Gasteiger partial charge on any atom is 0.264 e. The second-order valence-electron chi connectivity index (χ2n) is 4.90. The number of hydrogen-bond donors (Lipinski definition) is 1. The summed E-state index contributed by atoms with van der Waals surface area (Å²) >= 11 is 3.34. The summed E-state index contributed by atoms with van der Waals surface area (Å²) in [6.07, 6.45) is 0. The lowest BCUT2D eigenvalue weighted by Crippen LogP contribution is -2.47. The molecule has 3 nitrogen and oxygen atoms in total. The van der Waals surface area contributed by atoms with Crippen LogP contribution in [0.1, 0.15) is 34.0 Å². The molecule has 0 aliphatic carbocycles. The number of aliphatic hydroxyl groups excluding tert-OH is 1. The summed E-state index contributed by atoms with van der Waals surface area (Å²) in [6, 6.07) is 2.17. The highest BCUT2D eigenvalue weighted by Crippen LogP contribution is 2.28. The molecule has 0 bridgehead atoms. The fraction of sp³-hybridized carbons (Fsp3) is 0.533. The van der Waals surface area contributed by atoms with Crippen LogP contribution in [0.2, 0.25) is 0 Å². The maximum atomic E-state index is 12.6. The molecule has 1 aliphatic rings. The highest BCUT2D eigenvalue weighted by Gasteiger charge is 2.30. The van der Waals surface area contributed by atoms with E-state index in [1.807, 2.05) is 29.7 Å². The molecule has 0 spiro atoms. The van der Waals surface area contributed by atoms with Crippen molar-refractivity contribution in [3.05, 3.63) is 21.4 Å². The van der Waals surface area contributed by atoms with Crippen molar-refractivity contribution in [1.29, 1.82) is 0 Å². The van der Waals surface area contributed by atoms with Crippen molar-refractivity contribution < 1.29 is 9.90 Å². The van der Waals surface area contributed by atoms with Gasteiger partial charge in [-0.2, -0.15) is 11.8 Å². The van der Waals surface area contributed by atoms with E-state index >= 15 is 0 Å². The Balaban J connectivity index is 2.21. The molecule has 0 radical (unpaired) electrons. The molecular formula is C15H19NO2S2. The summed E-state index contributed by atoms with van der Waals surface area (Å²) in [7, 11) is 0. The molecule has 1 aromatic rings. The summed E-state index contributed by atoms with van der Waals surface area (Å²) in [4.78, 5) is 16.2. The zero-order chi connectivity index (χ0) is 14.7. The summed E-state index contributed by atoms with van der Waals surface area (Å²) in [5.41, 5.74) is 1.01. The molecule has 0 saturated carbocycles. The Morgan fingerprint density at radius 1 is 1.55 bits per heavy atom. The van der Waals surface area contributed by atoms with E-state index < -0.39 is 0 Å². The zero-order valence-corrected chi connectivity index (χ0v) is 13.6. The predicted molar refractivity (Wildman–Crippen MR) is 85.4 cm³/mol. The van der Waals surface area contributed by atoms with Gasteiger partial charge in [-0.15, -0.1) is 11.3 Å². The molecule has 2 unspecified atom stereocenters. The Labute approximate surface area is 128 Å². The van der Waals surface area contributed by atoms with Crippen LogP contribution in [0.3, 0.4) is 0 Å². The summed E-state index contributed by atoms with van der Waals surface area (Å²) in [6.45, 7) is 6.89. The number of thioether (sulfide) groups is 1. The van der Waals surface area contributed by atoms with Crippen molar-refractivity contribution in [2.45, 2.75) is 32.1 Å². The van der Waals surface area contributed by atoms with Gasteiger partial charge >= 0.3 is 0 Å². The molecular weight excluding hydrogens is 290 g/mol. The van der Waals surface area contributed by atoms with E-state index in [9.17, 15) is 4.79 Å². The van der Waals surface area contributed by atoms with Gasteiger partial charge in [-0.1, -0.05) is 18.8 Å². The van der Waals surface area contributed by atoms with Crippen LogP contribution in [0.15, 0.2) is 6.07 Å². The SMILES string of the molecule is Cc1cc(C(=O)N2CCSC(C)C2C)sc1C#CCO. The molecule has 2 atom stereocenters. The minimum Gasteiger partial charge on any atom is -0.384 e. The van der Waals surface area contributed by atoms with Crippen LogP contribution in [0.5, 0.6) is 0 Å². The zero-order valence-electron chi connectivity index (χ0n) is 12.0. The van der Waals surface area contributed by atoms with E-state index in [4.69, 9.17) is 5.11 Å². The molecule has 2 heterocycles. The van der Waals surface area contributed by atoms with Gasteiger partial charge in [0.1, 0.15) is 6.61 Å². The second kappa shape index (κ2) is 6.66. The first-order valence-electron chi connectivity index (χ1n) is 6.67. The molecule has 1 amide bonds. The van der Waals surface area contributed by atoms with Gasteiger partial charge in [-0.05, 0) is 25.5 Å². The van der Waals surface area contributed by atoms with Crippen LogP contribution in [0.4, 0.5) is 0 Å². The highest BCUT2D eigenvalue weighted by molar-refractivity contribution is 8.00. The quantitative estimate of drug-likeness (QED) is 0.810. The average molecular weight is 309 g/mol. The van der Waals surface area contributed by atoms with E-state index in [1.165, 1.54) is 11.3 Å². The molecule has 108 valence electrons. The third kappa shape index (κ3) is 3.20. The van der Waals surface area contributed by atoms with Crippen molar-refractivity contribution >= 4 is 29.0 Å². The van der Waals surface area contributed by atoms with Crippen LogP contribution in [-0.2, 0) is 0 Å². The number of carbonyl (C=O) groups is 1. The van der Waals surface area contributed by atoms with Crippen molar-refractivity contribution in [2.75, 3.05) is 18.9 Å². The van der Waals surface area contributed by atoms with Gasteiger partial charge in [0.15, 0.2) is 0 Å². The minimum atomic E-state index is -0.154. The molecule has 20 heavy (non-hydrogen) atoms. The van der Waals surface area contributed by atoms with Crippen molar-refractivity contribution in [3.8, 4) is 11.8 Å². The first-order valence-corrected chi connectivity index (χ1v) is 8.54. The molecule has 2 rings (SSSR count). The van der Waals surface area contributed by atoms with E-state index in [-0.39, 0.29) is 18.6 Å². The van der Waals surface area contributed by atoms with Crippen LogP contribution in [0, 0.1) is 18.8 Å². The van der Waals surface area contributed by atoms with Crippen molar-refractivity contribution in [1.82, 2.24) is 4.90 Å². The van der Waals surface area contributed by atoms with Gasteiger partial charge in [0.05, 0.1) is 9.75 Å². The lowest BCUT2D eigenvalue weighted by atomic mass is 10.2. The number of rotatable bonds is 1. The van der Waals surface area contributed by atoms with Gasteiger partial charge in [0.25, 0.3) is 5.91 Å². The number of aliphatic hydroxyl groups is 1. The highest BCUT2D eigenvalue weighted by atomic mass is 32.2. The predicted octanol–water partition coefficient (Wildman–Crippen LogP) is 2.37. The Kier molecular flexibility index (Phi) is 5.14. The van der Waals surface area contributed by atoms with Crippen molar-refractivity contribution in [2.24, 2.45) is 0 Å². The van der Waals surface area contributed by atoms with E-state index in [1.54, 1.807) is 0 Å². The van der Waals surface area contributed by atoms with Gasteiger partial charge in [-0.25, -0.2) is 0 Å². The number of hydrogen-bond acceptors (Lipinski definition) is 4. The van der Waals surface area contributed by atoms with Gasteiger partial charge in [0, 0.05) is 23.6 Å². The molecule has 1 aliphatic heterocycles. The first-order chi connectivity index (χ1) is 9.54. The van der Waals surface area contributed by atoms with Crippen LogP contribution >= 0.6 is 23.1 Å². The molecule has 1 saturated heterocycles. The largest absolute Gasteiger partial charge is 0.384 e. The third-order valence-electron chi connectivity index (χ3n) is 3.55. The van der Waals surface area contributed by atoms with E-state index in [0.717, 1.165) is 27.6 Å². The molecule has 1 aromatic heterocycles. The minimum absolute atomic E-state index is 0.106. The maximum absolute atomic E-state index is 12.6. The standard InChI is InChI=1S/C15H19NO2S2/c1-10-9-14(20-13(10)5-4-7-17)15(18)16-6-8-19-12(3)11(16)2/h9,11-12,17H,6-8H2,1-3H3. The fourth-order valence-corrected chi connectivity index (χ4v) is 4.30. The number of carbonyl (C=O) groups excluding carboxylic acids is 1. The van der Waals surface area contributed by atoms with Gasteiger partial charge < -0.3 is 10.0 Å². The van der Waals surface area contributed by atoms with Crippen LogP contribution < -0.4 is 0 Å². The lowest BCUT2D eigenvalue weighted by molar-refractivity contribution is 0.0703. The summed E-state index contributed by atoms with van der Waals surface area (Å²) in [5.74, 6) is 6.65. The van der Waals surface area contributed by atoms with Crippen LogP contribution in [0.25, 0.3) is 0 Å². The molecule has 1 N–H and O–H groups in total. The molecule has 1 fully saturated rings. The third-order valence-corrected chi connectivity index (χ3v) is 6.03. The second-order valence-corrected chi connectivity index (χ2v) is 7.44. The number of aryl methyl sites for hydroxylation is 1. The average Bonchev–Trinajstić information content (AvgIpc) is 2.80. The molecule has 5 heteroatoms.